The van der Waals surface area contributed by atoms with Gasteiger partial charge in [0.25, 0.3) is 0 Å². The Balaban J connectivity index is 1.69. The second-order valence-corrected chi connectivity index (χ2v) is 7.50. The highest BCUT2D eigenvalue weighted by molar-refractivity contribution is 5.80. The van der Waals surface area contributed by atoms with Crippen molar-refractivity contribution in [3.8, 4) is 28.5 Å². The third kappa shape index (κ3) is 4.11. The summed E-state index contributed by atoms with van der Waals surface area (Å²) in [5.41, 5.74) is 5.96. The van der Waals surface area contributed by atoms with E-state index in [1.807, 2.05) is 30.5 Å². The van der Waals surface area contributed by atoms with E-state index in [0.717, 1.165) is 60.1 Å². The molecular formula is C24H24N4. The largest absolute Gasteiger partial charge is 0.316 e. The molecule has 4 nitrogen and oxygen atoms in total. The molecule has 3 aromatic rings. The zero-order valence-corrected chi connectivity index (χ0v) is 16.2. The van der Waals surface area contributed by atoms with Crippen LogP contribution in [0.15, 0.2) is 54.7 Å². The van der Waals surface area contributed by atoms with E-state index >= 15 is 0 Å². The van der Waals surface area contributed by atoms with Crippen LogP contribution in [-0.2, 0) is 6.42 Å². The van der Waals surface area contributed by atoms with Crippen LogP contribution in [0.3, 0.4) is 0 Å². The Morgan fingerprint density at radius 3 is 2.50 bits per heavy atom. The van der Waals surface area contributed by atoms with Gasteiger partial charge in [0.2, 0.25) is 0 Å². The molecule has 140 valence electrons. The maximum Gasteiger partial charge on any atom is 0.129 e. The maximum absolute atomic E-state index is 9.09. The Morgan fingerprint density at radius 2 is 1.82 bits per heavy atom. The molecule has 0 bridgehead atoms. The molecule has 0 radical (unpaired) electrons. The number of nitrogens with one attached hydrogen (secondary N) is 1. The number of aryl methyl sites for hydroxylation is 2. The van der Waals surface area contributed by atoms with E-state index in [4.69, 9.17) is 10.2 Å². The first-order valence-corrected chi connectivity index (χ1v) is 9.87. The second kappa shape index (κ2) is 8.33. The van der Waals surface area contributed by atoms with Gasteiger partial charge in [0.05, 0.1) is 17.3 Å². The molecule has 28 heavy (non-hydrogen) atoms. The van der Waals surface area contributed by atoms with E-state index < -0.39 is 0 Å². The Labute approximate surface area is 166 Å². The molecule has 1 aliphatic heterocycles. The lowest BCUT2D eigenvalue weighted by molar-refractivity contribution is 0.525. The van der Waals surface area contributed by atoms with Crippen LogP contribution < -0.4 is 5.32 Å². The zero-order chi connectivity index (χ0) is 19.3. The Bertz CT molecular complexity index is 979. The number of rotatable bonds is 5. The van der Waals surface area contributed by atoms with Crippen molar-refractivity contribution in [1.82, 2.24) is 15.3 Å². The first kappa shape index (κ1) is 18.3. The van der Waals surface area contributed by atoms with Crippen molar-refractivity contribution in [3.05, 3.63) is 71.7 Å². The standard InChI is InChI=1S/C24H24N4/c1-17-2-7-20(8-3-17)22-16-27-23(11-6-19-12-13-26-15-19)28-24(22)21-9-4-18(14-25)5-10-21/h2-5,7-10,16,19,26H,6,11-13,15H2,1H3. The summed E-state index contributed by atoms with van der Waals surface area (Å²) in [5.74, 6) is 1.61. The highest BCUT2D eigenvalue weighted by Gasteiger charge is 2.16. The number of nitrogens with zero attached hydrogens (tertiary/aromatic N) is 3. The fourth-order valence-electron chi connectivity index (χ4n) is 3.70. The van der Waals surface area contributed by atoms with E-state index in [2.05, 4.69) is 47.6 Å². The lowest BCUT2D eigenvalue weighted by atomic mass is 9.98. The Kier molecular flexibility index (Phi) is 5.45. The van der Waals surface area contributed by atoms with Crippen LogP contribution in [0.5, 0.6) is 0 Å². The van der Waals surface area contributed by atoms with Crippen molar-refractivity contribution in [1.29, 1.82) is 5.26 Å². The molecule has 0 amide bonds. The van der Waals surface area contributed by atoms with Gasteiger partial charge >= 0.3 is 0 Å². The van der Waals surface area contributed by atoms with Crippen LogP contribution in [0, 0.1) is 24.2 Å². The Hall–Kier alpha value is -3.03. The van der Waals surface area contributed by atoms with E-state index in [9.17, 15) is 0 Å². The van der Waals surface area contributed by atoms with Gasteiger partial charge < -0.3 is 5.32 Å². The predicted molar refractivity (Wildman–Crippen MR) is 112 cm³/mol. The van der Waals surface area contributed by atoms with Crippen LogP contribution >= 0.6 is 0 Å². The van der Waals surface area contributed by atoms with Crippen molar-refractivity contribution in [3.63, 3.8) is 0 Å². The van der Waals surface area contributed by atoms with Crippen LogP contribution in [0.4, 0.5) is 0 Å². The summed E-state index contributed by atoms with van der Waals surface area (Å²) >= 11 is 0. The molecule has 0 aliphatic carbocycles. The molecular weight excluding hydrogens is 344 g/mol. The molecule has 4 heteroatoms. The first-order valence-electron chi connectivity index (χ1n) is 9.87. The second-order valence-electron chi connectivity index (χ2n) is 7.50. The number of benzene rings is 2. The van der Waals surface area contributed by atoms with Gasteiger partial charge in [0.1, 0.15) is 5.82 Å². The van der Waals surface area contributed by atoms with E-state index in [1.54, 1.807) is 0 Å². The molecule has 2 heterocycles. The van der Waals surface area contributed by atoms with Crippen LogP contribution in [0.1, 0.15) is 29.8 Å². The van der Waals surface area contributed by atoms with E-state index in [0.29, 0.717) is 5.56 Å². The van der Waals surface area contributed by atoms with Gasteiger partial charge in [-0.05, 0) is 56.5 Å². The number of nitriles is 1. The smallest absolute Gasteiger partial charge is 0.129 e. The van der Waals surface area contributed by atoms with Crippen LogP contribution in [0.25, 0.3) is 22.4 Å². The summed E-state index contributed by atoms with van der Waals surface area (Å²) in [7, 11) is 0. The zero-order valence-electron chi connectivity index (χ0n) is 16.2. The SMILES string of the molecule is Cc1ccc(-c2cnc(CCC3CCNC3)nc2-c2ccc(C#N)cc2)cc1. The fraction of sp³-hybridized carbons (Fsp3) is 0.292. The van der Waals surface area contributed by atoms with E-state index in [1.165, 1.54) is 12.0 Å². The molecule has 1 aromatic heterocycles. The highest BCUT2D eigenvalue weighted by Crippen LogP contribution is 2.31. The number of aromatic nitrogens is 2. The summed E-state index contributed by atoms with van der Waals surface area (Å²) < 4.78 is 0. The number of hydrogen-bond donors (Lipinski definition) is 1. The van der Waals surface area contributed by atoms with Crippen molar-refractivity contribution >= 4 is 0 Å². The van der Waals surface area contributed by atoms with Gasteiger partial charge in [-0.15, -0.1) is 0 Å². The third-order valence-corrected chi connectivity index (χ3v) is 5.43. The molecule has 1 N–H and O–H groups in total. The summed E-state index contributed by atoms with van der Waals surface area (Å²) in [4.78, 5) is 9.62. The summed E-state index contributed by atoms with van der Waals surface area (Å²) in [6, 6.07) is 18.3. The molecule has 2 aromatic carbocycles. The van der Waals surface area contributed by atoms with Gasteiger partial charge in [0, 0.05) is 23.7 Å². The van der Waals surface area contributed by atoms with E-state index in [-0.39, 0.29) is 0 Å². The van der Waals surface area contributed by atoms with Gasteiger partial charge in [-0.2, -0.15) is 5.26 Å². The van der Waals surface area contributed by atoms with Crippen molar-refractivity contribution in [2.45, 2.75) is 26.2 Å². The average Bonchev–Trinajstić information content (AvgIpc) is 3.27. The molecule has 1 aliphatic rings. The summed E-state index contributed by atoms with van der Waals surface area (Å²) in [5, 5.41) is 12.5. The molecule has 4 rings (SSSR count). The normalized spacial score (nSPS) is 16.1. The van der Waals surface area contributed by atoms with Gasteiger partial charge in [-0.1, -0.05) is 42.0 Å². The monoisotopic (exact) mass is 368 g/mol. The van der Waals surface area contributed by atoms with Crippen LogP contribution in [0.2, 0.25) is 0 Å². The minimum absolute atomic E-state index is 0.656. The third-order valence-electron chi connectivity index (χ3n) is 5.43. The molecule has 1 unspecified atom stereocenters. The minimum Gasteiger partial charge on any atom is -0.316 e. The van der Waals surface area contributed by atoms with Crippen molar-refractivity contribution in [2.24, 2.45) is 5.92 Å². The lowest BCUT2D eigenvalue weighted by Crippen LogP contribution is -2.10. The molecule has 1 atom stereocenters. The quantitative estimate of drug-likeness (QED) is 0.718. The van der Waals surface area contributed by atoms with Crippen LogP contribution in [-0.4, -0.2) is 23.1 Å². The van der Waals surface area contributed by atoms with Gasteiger partial charge in [0.15, 0.2) is 0 Å². The maximum atomic E-state index is 9.09. The predicted octanol–water partition coefficient (Wildman–Crippen LogP) is 4.53. The van der Waals surface area contributed by atoms with Crippen molar-refractivity contribution < 1.29 is 0 Å². The minimum atomic E-state index is 0.656. The van der Waals surface area contributed by atoms with Gasteiger partial charge in [-0.3, -0.25) is 0 Å². The molecule has 1 fully saturated rings. The first-order chi connectivity index (χ1) is 13.7. The lowest BCUT2D eigenvalue weighted by Gasteiger charge is -2.12. The number of hydrogen-bond acceptors (Lipinski definition) is 4. The molecule has 0 spiro atoms. The molecule has 0 saturated carbocycles. The molecule has 1 saturated heterocycles. The topological polar surface area (TPSA) is 61.6 Å². The summed E-state index contributed by atoms with van der Waals surface area (Å²) in [6.07, 6.45) is 5.20. The van der Waals surface area contributed by atoms with Crippen molar-refractivity contribution in [2.75, 3.05) is 13.1 Å². The highest BCUT2D eigenvalue weighted by atomic mass is 14.9. The average molecular weight is 368 g/mol. The van der Waals surface area contributed by atoms with Gasteiger partial charge in [-0.25, -0.2) is 9.97 Å². The fourth-order valence-corrected chi connectivity index (χ4v) is 3.70. The summed E-state index contributed by atoms with van der Waals surface area (Å²) in [6.45, 7) is 4.31. The Morgan fingerprint density at radius 1 is 1.07 bits per heavy atom.